The second kappa shape index (κ2) is 8.10. The van der Waals surface area contributed by atoms with Gasteiger partial charge in [-0.2, -0.15) is 0 Å². The number of hydrogen-bond donors (Lipinski definition) is 0. The minimum absolute atomic E-state index is 0.0924. The molecule has 6 nitrogen and oxygen atoms in total. The van der Waals surface area contributed by atoms with Gasteiger partial charge in [0.2, 0.25) is 29.4 Å². The van der Waals surface area contributed by atoms with Gasteiger partial charge in [-0.05, 0) is 36.4 Å². The van der Waals surface area contributed by atoms with E-state index in [4.69, 9.17) is 0 Å². The topological polar surface area (TPSA) is 93.5 Å². The molecule has 0 aliphatic heterocycles. The van der Waals surface area contributed by atoms with Crippen molar-refractivity contribution in [1.82, 2.24) is 4.98 Å². The number of thiazole rings is 1. The van der Waals surface area contributed by atoms with Gasteiger partial charge < -0.3 is 0 Å². The quantitative estimate of drug-likeness (QED) is 0.404. The zero-order chi connectivity index (χ0) is 21.2. The highest BCUT2D eigenvalue weighted by Gasteiger charge is 2.38. The predicted molar refractivity (Wildman–Crippen MR) is 119 cm³/mol. The van der Waals surface area contributed by atoms with Crippen molar-refractivity contribution in [2.24, 2.45) is 4.99 Å². The van der Waals surface area contributed by atoms with E-state index in [1.807, 2.05) is 24.3 Å². The van der Waals surface area contributed by atoms with Gasteiger partial charge in [-0.25, -0.2) is 26.8 Å². The van der Waals surface area contributed by atoms with Crippen molar-refractivity contribution in [2.45, 2.75) is 14.4 Å². The molecule has 0 N–H and O–H groups in total. The summed E-state index contributed by atoms with van der Waals surface area (Å²) in [5.41, 5.74) is 0.711. The summed E-state index contributed by atoms with van der Waals surface area (Å²) in [4.78, 5) is 8.29. The summed E-state index contributed by atoms with van der Waals surface area (Å²) in [6.07, 6.45) is 0.961. The first-order chi connectivity index (χ1) is 14.4. The fourth-order valence-electron chi connectivity index (χ4n) is 2.86. The smallest absolute Gasteiger partial charge is 0.209 e. The molecular formula is C21H16N2O4S3. The van der Waals surface area contributed by atoms with E-state index in [9.17, 15) is 16.8 Å². The summed E-state index contributed by atoms with van der Waals surface area (Å²) in [6, 6.07) is 22.3. The molecule has 0 amide bonds. The Balaban J connectivity index is 1.83. The number of aliphatic imine (C=N–C) groups is 1. The molecule has 0 fully saturated rings. The van der Waals surface area contributed by atoms with E-state index in [0.29, 0.717) is 5.52 Å². The van der Waals surface area contributed by atoms with Crippen molar-refractivity contribution in [3.05, 3.63) is 84.9 Å². The lowest BCUT2D eigenvalue weighted by Gasteiger charge is -2.14. The van der Waals surface area contributed by atoms with Crippen molar-refractivity contribution in [3.8, 4) is 0 Å². The van der Waals surface area contributed by atoms with Gasteiger partial charge in [-0.15, -0.1) is 0 Å². The maximum atomic E-state index is 13.3. The molecular weight excluding hydrogens is 440 g/mol. The standard InChI is InChI=1S/C21H16N2O4S3/c24-29(25,16-9-3-1-4-10-16)20(30(26,27)17-11-5-2-6-12-17)15-22-21-23-18-13-7-8-14-19(18)28-21/h1-15,20H. The Bertz CT molecular complexity index is 1310. The molecule has 3 aromatic carbocycles. The Morgan fingerprint density at radius 3 is 1.77 bits per heavy atom. The average molecular weight is 457 g/mol. The second-order valence-electron chi connectivity index (χ2n) is 6.33. The Kier molecular flexibility index (Phi) is 5.50. The van der Waals surface area contributed by atoms with Crippen molar-refractivity contribution in [1.29, 1.82) is 0 Å². The van der Waals surface area contributed by atoms with Gasteiger partial charge in [0, 0.05) is 6.21 Å². The molecule has 0 saturated heterocycles. The highest BCUT2D eigenvalue weighted by Crippen LogP contribution is 2.29. The zero-order valence-electron chi connectivity index (χ0n) is 15.5. The summed E-state index contributed by atoms with van der Waals surface area (Å²) in [6.45, 7) is 0. The number of nitrogens with zero attached hydrogens (tertiary/aromatic N) is 2. The molecule has 1 aromatic heterocycles. The Morgan fingerprint density at radius 1 is 0.733 bits per heavy atom. The molecule has 4 aromatic rings. The van der Waals surface area contributed by atoms with Crippen molar-refractivity contribution in [2.75, 3.05) is 0 Å². The number of rotatable bonds is 6. The molecule has 0 radical (unpaired) electrons. The Labute approximate surface area is 178 Å². The molecule has 0 unspecified atom stereocenters. The monoisotopic (exact) mass is 456 g/mol. The summed E-state index contributed by atoms with van der Waals surface area (Å²) in [5.74, 6) is 0. The Morgan fingerprint density at radius 2 is 1.23 bits per heavy atom. The lowest BCUT2D eigenvalue weighted by molar-refractivity contribution is 0.584. The number of para-hydroxylation sites is 1. The molecule has 1 heterocycles. The van der Waals surface area contributed by atoms with E-state index in [1.54, 1.807) is 36.4 Å². The molecule has 0 saturated carbocycles. The van der Waals surface area contributed by atoms with Crippen LogP contribution in [0.3, 0.4) is 0 Å². The largest absolute Gasteiger partial charge is 0.230 e. The van der Waals surface area contributed by atoms with E-state index >= 15 is 0 Å². The minimum Gasteiger partial charge on any atom is -0.230 e. The zero-order valence-corrected chi connectivity index (χ0v) is 17.9. The van der Waals surface area contributed by atoms with Gasteiger partial charge in [0.15, 0.2) is 0 Å². The summed E-state index contributed by atoms with van der Waals surface area (Å²) >= 11 is 1.25. The fourth-order valence-corrected chi connectivity index (χ4v) is 7.73. The molecule has 30 heavy (non-hydrogen) atoms. The van der Waals surface area contributed by atoms with E-state index in [-0.39, 0.29) is 14.9 Å². The first-order valence-corrected chi connectivity index (χ1v) is 12.8. The van der Waals surface area contributed by atoms with Gasteiger partial charge in [-0.1, -0.05) is 59.9 Å². The lowest BCUT2D eigenvalue weighted by Crippen LogP contribution is -2.32. The van der Waals surface area contributed by atoms with Crippen molar-refractivity contribution >= 4 is 52.6 Å². The summed E-state index contributed by atoms with van der Waals surface area (Å²) in [5, 5.41) is 0.285. The van der Waals surface area contributed by atoms with E-state index in [2.05, 4.69) is 9.98 Å². The third-order valence-corrected chi connectivity index (χ3v) is 10.1. The van der Waals surface area contributed by atoms with Crippen LogP contribution in [0, 0.1) is 0 Å². The summed E-state index contributed by atoms with van der Waals surface area (Å²) < 4.78 is 52.0. The minimum atomic E-state index is -4.27. The van der Waals surface area contributed by atoms with Gasteiger partial charge in [0.05, 0.1) is 20.0 Å². The van der Waals surface area contributed by atoms with Crippen LogP contribution in [0.25, 0.3) is 10.2 Å². The number of aromatic nitrogens is 1. The van der Waals surface area contributed by atoms with Crippen LogP contribution in [0.1, 0.15) is 0 Å². The average Bonchev–Trinajstić information content (AvgIpc) is 3.18. The van der Waals surface area contributed by atoms with Gasteiger partial charge in [0.25, 0.3) is 0 Å². The maximum Gasteiger partial charge on any atom is 0.209 e. The molecule has 4 rings (SSSR count). The van der Waals surface area contributed by atoms with E-state index < -0.39 is 24.3 Å². The second-order valence-corrected chi connectivity index (χ2v) is 11.8. The summed E-state index contributed by atoms with van der Waals surface area (Å²) in [7, 11) is -8.54. The molecule has 0 aliphatic rings. The van der Waals surface area contributed by atoms with E-state index in [0.717, 1.165) is 10.9 Å². The molecule has 0 bridgehead atoms. The fraction of sp³-hybridized carbons (Fsp3) is 0.0476. The SMILES string of the molecule is O=S(=O)(c1ccccc1)C(C=Nc1nc2ccccc2s1)S(=O)(=O)c1ccccc1. The van der Waals surface area contributed by atoms with Crippen LogP contribution >= 0.6 is 11.3 Å². The van der Waals surface area contributed by atoms with Crippen molar-refractivity contribution in [3.63, 3.8) is 0 Å². The van der Waals surface area contributed by atoms with Gasteiger partial charge in [-0.3, -0.25) is 0 Å². The van der Waals surface area contributed by atoms with Crippen LogP contribution in [0.2, 0.25) is 0 Å². The Hall–Kier alpha value is -2.88. The van der Waals surface area contributed by atoms with Crippen LogP contribution in [-0.4, -0.2) is 32.6 Å². The van der Waals surface area contributed by atoms with Gasteiger partial charge in [0.1, 0.15) is 0 Å². The van der Waals surface area contributed by atoms with E-state index in [1.165, 1.54) is 35.6 Å². The highest BCUT2D eigenvalue weighted by atomic mass is 32.3. The number of hydrogen-bond acceptors (Lipinski definition) is 7. The number of sulfone groups is 2. The van der Waals surface area contributed by atoms with Crippen LogP contribution in [0.5, 0.6) is 0 Å². The lowest BCUT2D eigenvalue weighted by atomic mass is 10.3. The molecule has 152 valence electrons. The van der Waals surface area contributed by atoms with Crippen LogP contribution in [0.15, 0.2) is 99.7 Å². The van der Waals surface area contributed by atoms with Crippen molar-refractivity contribution < 1.29 is 16.8 Å². The highest BCUT2D eigenvalue weighted by molar-refractivity contribution is 8.10. The first kappa shape index (κ1) is 20.4. The van der Waals surface area contributed by atoms with Crippen LogP contribution < -0.4 is 0 Å². The third-order valence-electron chi connectivity index (χ3n) is 4.34. The number of benzene rings is 3. The molecule has 9 heteroatoms. The van der Waals surface area contributed by atoms with Gasteiger partial charge >= 0.3 is 0 Å². The molecule has 0 spiro atoms. The number of fused-ring (bicyclic) bond motifs is 1. The predicted octanol–water partition coefficient (Wildman–Crippen LogP) is 4.27. The maximum absolute atomic E-state index is 13.3. The third kappa shape index (κ3) is 3.91. The normalized spacial score (nSPS) is 12.7. The molecule has 0 aliphatic carbocycles. The molecule has 0 atom stereocenters. The van der Waals surface area contributed by atoms with Crippen LogP contribution in [-0.2, 0) is 19.7 Å². The first-order valence-electron chi connectivity index (χ1n) is 8.87. The van der Waals surface area contributed by atoms with Crippen LogP contribution in [0.4, 0.5) is 5.13 Å².